The molecule has 1 N–H and O–H groups in total. The summed E-state index contributed by atoms with van der Waals surface area (Å²) in [6, 6.07) is 4.35. The van der Waals surface area contributed by atoms with E-state index in [9.17, 15) is 0 Å². The number of aryl methyl sites for hydroxylation is 1. The third-order valence-electron chi connectivity index (χ3n) is 4.50. The molecule has 19 heavy (non-hydrogen) atoms. The second-order valence-electron chi connectivity index (χ2n) is 5.79. The van der Waals surface area contributed by atoms with Gasteiger partial charge in [0, 0.05) is 31.6 Å². The normalized spacial score (nSPS) is 29.3. The number of nitrogens with one attached hydrogen (secondary N) is 1. The van der Waals surface area contributed by atoms with Crippen molar-refractivity contribution >= 4 is 0 Å². The molecule has 2 unspecified atom stereocenters. The lowest BCUT2D eigenvalue weighted by Crippen LogP contribution is -2.43. The molecule has 2 aliphatic rings. The van der Waals surface area contributed by atoms with E-state index in [0.29, 0.717) is 0 Å². The van der Waals surface area contributed by atoms with Crippen LogP contribution in [-0.4, -0.2) is 25.3 Å². The van der Waals surface area contributed by atoms with E-state index in [2.05, 4.69) is 38.2 Å². The zero-order valence-electron chi connectivity index (χ0n) is 12.1. The molecule has 1 aromatic carbocycles. The van der Waals surface area contributed by atoms with Crippen molar-refractivity contribution in [3.05, 3.63) is 28.8 Å². The van der Waals surface area contributed by atoms with Gasteiger partial charge in [0.2, 0.25) is 0 Å². The number of rotatable bonds is 2. The molecule has 1 spiro atoms. The molecular formula is C16H23NO2. The maximum Gasteiger partial charge on any atom is 0.129 e. The van der Waals surface area contributed by atoms with Crippen LogP contribution in [0.3, 0.4) is 0 Å². The molecule has 2 atom stereocenters. The summed E-state index contributed by atoms with van der Waals surface area (Å²) in [5, 5.41) is 3.43. The molecule has 0 radical (unpaired) electrons. The van der Waals surface area contributed by atoms with Gasteiger partial charge in [0.25, 0.3) is 0 Å². The fourth-order valence-corrected chi connectivity index (χ4v) is 3.24. The van der Waals surface area contributed by atoms with Crippen molar-refractivity contribution in [2.75, 3.05) is 19.7 Å². The number of benzene rings is 1. The average molecular weight is 261 g/mol. The third-order valence-corrected chi connectivity index (χ3v) is 4.50. The number of hydrogen-bond acceptors (Lipinski definition) is 3. The van der Waals surface area contributed by atoms with Crippen LogP contribution in [0, 0.1) is 13.8 Å². The van der Waals surface area contributed by atoms with E-state index < -0.39 is 0 Å². The molecule has 1 saturated heterocycles. The Kier molecular flexibility index (Phi) is 3.27. The molecule has 2 aliphatic heterocycles. The first-order valence-corrected chi connectivity index (χ1v) is 7.27. The van der Waals surface area contributed by atoms with Crippen molar-refractivity contribution in [1.29, 1.82) is 0 Å². The smallest absolute Gasteiger partial charge is 0.129 e. The Balaban J connectivity index is 2.04. The van der Waals surface area contributed by atoms with Gasteiger partial charge in [-0.1, -0.05) is 12.1 Å². The first-order chi connectivity index (χ1) is 9.15. The Bertz CT molecular complexity index is 478. The molecule has 1 aromatic rings. The summed E-state index contributed by atoms with van der Waals surface area (Å²) >= 11 is 0. The summed E-state index contributed by atoms with van der Waals surface area (Å²) in [6.07, 6.45) is 2.21. The number of ether oxygens (including phenoxy) is 2. The minimum atomic E-state index is -0.0641. The van der Waals surface area contributed by atoms with Gasteiger partial charge in [-0.15, -0.1) is 0 Å². The van der Waals surface area contributed by atoms with Crippen molar-refractivity contribution in [2.45, 2.75) is 45.3 Å². The number of fused-ring (bicyclic) bond motifs is 1. The second-order valence-corrected chi connectivity index (χ2v) is 5.79. The fraction of sp³-hybridized carbons (Fsp3) is 0.625. The lowest BCUT2D eigenvalue weighted by Gasteiger charge is -2.40. The van der Waals surface area contributed by atoms with Crippen molar-refractivity contribution in [2.24, 2.45) is 0 Å². The minimum Gasteiger partial charge on any atom is -0.485 e. The van der Waals surface area contributed by atoms with Crippen LogP contribution >= 0.6 is 0 Å². The van der Waals surface area contributed by atoms with Crippen LogP contribution in [0.2, 0.25) is 0 Å². The zero-order chi connectivity index (χ0) is 13.5. The van der Waals surface area contributed by atoms with E-state index in [0.717, 1.165) is 38.3 Å². The van der Waals surface area contributed by atoms with Crippen molar-refractivity contribution in [3.63, 3.8) is 0 Å². The van der Waals surface area contributed by atoms with Crippen molar-refractivity contribution in [3.8, 4) is 5.75 Å². The quantitative estimate of drug-likeness (QED) is 0.888. The lowest BCUT2D eigenvalue weighted by atomic mass is 9.86. The Labute approximate surface area is 115 Å². The Morgan fingerprint density at radius 2 is 2.26 bits per heavy atom. The average Bonchev–Trinajstić information content (AvgIpc) is 2.83. The van der Waals surface area contributed by atoms with E-state index in [1.54, 1.807) is 0 Å². The van der Waals surface area contributed by atoms with Crippen LogP contribution in [0.25, 0.3) is 0 Å². The molecule has 0 aliphatic carbocycles. The van der Waals surface area contributed by atoms with Gasteiger partial charge < -0.3 is 14.8 Å². The maximum atomic E-state index is 6.43. The van der Waals surface area contributed by atoms with Crippen LogP contribution in [0.4, 0.5) is 0 Å². The molecule has 0 amide bonds. The highest BCUT2D eigenvalue weighted by Crippen LogP contribution is 2.45. The molecule has 0 saturated carbocycles. The van der Waals surface area contributed by atoms with Crippen LogP contribution in [0.5, 0.6) is 5.75 Å². The van der Waals surface area contributed by atoms with Gasteiger partial charge in [0.05, 0.1) is 6.10 Å². The second kappa shape index (κ2) is 4.80. The summed E-state index contributed by atoms with van der Waals surface area (Å²) in [6.45, 7) is 9.08. The van der Waals surface area contributed by atoms with Gasteiger partial charge in [0.1, 0.15) is 11.4 Å². The summed E-state index contributed by atoms with van der Waals surface area (Å²) in [4.78, 5) is 0. The summed E-state index contributed by atoms with van der Waals surface area (Å²) in [5.41, 5.74) is 3.71. The predicted molar refractivity (Wildman–Crippen MR) is 75.7 cm³/mol. The van der Waals surface area contributed by atoms with Crippen LogP contribution < -0.4 is 10.1 Å². The summed E-state index contributed by atoms with van der Waals surface area (Å²) in [7, 11) is 0. The molecule has 3 nitrogen and oxygen atoms in total. The molecule has 0 bridgehead atoms. The Morgan fingerprint density at radius 1 is 1.42 bits per heavy atom. The maximum absolute atomic E-state index is 6.43. The van der Waals surface area contributed by atoms with Gasteiger partial charge >= 0.3 is 0 Å². The van der Waals surface area contributed by atoms with Gasteiger partial charge in [-0.3, -0.25) is 0 Å². The minimum absolute atomic E-state index is 0.0641. The molecular weight excluding hydrogens is 238 g/mol. The largest absolute Gasteiger partial charge is 0.485 e. The summed E-state index contributed by atoms with van der Waals surface area (Å²) < 4.78 is 12.4. The van der Waals surface area contributed by atoms with Gasteiger partial charge in [-0.25, -0.2) is 0 Å². The van der Waals surface area contributed by atoms with E-state index in [-0.39, 0.29) is 11.7 Å². The molecule has 3 heteroatoms. The van der Waals surface area contributed by atoms with Gasteiger partial charge in [0.15, 0.2) is 0 Å². The SMILES string of the molecule is CCOC1CC2(CCNC2)Oc2c1ccc(C)c2C. The van der Waals surface area contributed by atoms with Gasteiger partial charge in [-0.05, 0) is 38.4 Å². The number of hydrogen-bond donors (Lipinski definition) is 1. The van der Waals surface area contributed by atoms with Gasteiger partial charge in [-0.2, -0.15) is 0 Å². The van der Waals surface area contributed by atoms with Crippen molar-refractivity contribution in [1.82, 2.24) is 5.32 Å². The van der Waals surface area contributed by atoms with Crippen LogP contribution in [-0.2, 0) is 4.74 Å². The zero-order valence-corrected chi connectivity index (χ0v) is 12.1. The van der Waals surface area contributed by atoms with Crippen molar-refractivity contribution < 1.29 is 9.47 Å². The third kappa shape index (κ3) is 2.15. The van der Waals surface area contributed by atoms with E-state index >= 15 is 0 Å². The predicted octanol–water partition coefficient (Wildman–Crippen LogP) is 2.90. The highest BCUT2D eigenvalue weighted by Gasteiger charge is 2.44. The van der Waals surface area contributed by atoms with Crippen LogP contribution in [0.1, 0.15) is 42.6 Å². The Hall–Kier alpha value is -1.06. The Morgan fingerprint density at radius 3 is 2.95 bits per heavy atom. The van der Waals surface area contributed by atoms with E-state index in [4.69, 9.17) is 9.47 Å². The topological polar surface area (TPSA) is 30.5 Å². The fourth-order valence-electron chi connectivity index (χ4n) is 3.24. The molecule has 0 aromatic heterocycles. The molecule has 104 valence electrons. The highest BCUT2D eigenvalue weighted by molar-refractivity contribution is 5.48. The van der Waals surface area contributed by atoms with E-state index in [1.807, 2.05) is 0 Å². The molecule has 3 rings (SSSR count). The van der Waals surface area contributed by atoms with E-state index in [1.165, 1.54) is 16.7 Å². The first-order valence-electron chi connectivity index (χ1n) is 7.27. The monoisotopic (exact) mass is 261 g/mol. The lowest BCUT2D eigenvalue weighted by molar-refractivity contribution is -0.0358. The van der Waals surface area contributed by atoms with Crippen LogP contribution in [0.15, 0.2) is 12.1 Å². The molecule has 1 fully saturated rings. The standard InChI is InChI=1S/C16H23NO2/c1-4-18-14-9-16(7-8-17-10-16)19-15-12(3)11(2)5-6-13(14)15/h5-6,14,17H,4,7-10H2,1-3H3. The molecule has 2 heterocycles. The first kappa shape index (κ1) is 12.9. The highest BCUT2D eigenvalue weighted by atomic mass is 16.5. The summed E-state index contributed by atoms with van der Waals surface area (Å²) in [5.74, 6) is 1.06.